The van der Waals surface area contributed by atoms with Gasteiger partial charge in [-0.2, -0.15) is 0 Å². The molecule has 2 aliphatic heterocycles. The predicted molar refractivity (Wildman–Crippen MR) is 80.6 cm³/mol. The van der Waals surface area contributed by atoms with Crippen molar-refractivity contribution in [2.45, 2.75) is 26.4 Å². The second kappa shape index (κ2) is 5.77. The predicted octanol–water partition coefficient (Wildman–Crippen LogP) is 1.34. The van der Waals surface area contributed by atoms with E-state index in [0.717, 1.165) is 10.4 Å². The number of likely N-dealkylation sites (tertiary alicyclic amines) is 1. The van der Waals surface area contributed by atoms with Crippen molar-refractivity contribution in [3.05, 3.63) is 21.4 Å². The van der Waals surface area contributed by atoms with E-state index >= 15 is 0 Å². The van der Waals surface area contributed by atoms with Gasteiger partial charge in [-0.15, -0.1) is 11.3 Å². The van der Waals surface area contributed by atoms with E-state index < -0.39 is 0 Å². The van der Waals surface area contributed by atoms with Crippen molar-refractivity contribution < 1.29 is 14.3 Å². The van der Waals surface area contributed by atoms with E-state index in [-0.39, 0.29) is 23.8 Å². The molecule has 2 atom stereocenters. The molecule has 2 aliphatic rings. The molecular formula is C15H20N2O3S. The van der Waals surface area contributed by atoms with E-state index in [1.54, 1.807) is 0 Å². The van der Waals surface area contributed by atoms with Crippen LogP contribution in [0.5, 0.6) is 0 Å². The van der Waals surface area contributed by atoms with Gasteiger partial charge < -0.3 is 15.0 Å². The number of nitrogens with zero attached hydrogens (tertiary/aromatic N) is 1. The number of amides is 2. The molecule has 0 aromatic carbocycles. The summed E-state index contributed by atoms with van der Waals surface area (Å²) in [5.74, 6) is -0.00123. The molecule has 2 amide bonds. The van der Waals surface area contributed by atoms with Gasteiger partial charge in [-0.05, 0) is 31.9 Å². The van der Waals surface area contributed by atoms with Crippen LogP contribution in [0, 0.1) is 19.8 Å². The first-order valence-corrected chi connectivity index (χ1v) is 8.13. The number of hydrogen-bond donors (Lipinski definition) is 1. The third kappa shape index (κ3) is 2.82. The van der Waals surface area contributed by atoms with E-state index in [9.17, 15) is 9.59 Å². The zero-order chi connectivity index (χ0) is 15.0. The van der Waals surface area contributed by atoms with E-state index in [0.29, 0.717) is 32.7 Å². The third-order valence-electron chi connectivity index (χ3n) is 4.29. The Morgan fingerprint density at radius 3 is 3.00 bits per heavy atom. The van der Waals surface area contributed by atoms with E-state index in [1.165, 1.54) is 16.2 Å². The minimum absolute atomic E-state index is 0.0582. The molecule has 5 nitrogen and oxygen atoms in total. The molecule has 0 radical (unpaired) electrons. The quantitative estimate of drug-likeness (QED) is 0.852. The first-order chi connectivity index (χ1) is 10.1. The maximum atomic E-state index is 12.6. The van der Waals surface area contributed by atoms with Gasteiger partial charge in [0.2, 0.25) is 5.91 Å². The van der Waals surface area contributed by atoms with Crippen LogP contribution in [-0.4, -0.2) is 49.1 Å². The van der Waals surface area contributed by atoms with Crippen molar-refractivity contribution in [2.75, 3.05) is 26.2 Å². The summed E-state index contributed by atoms with van der Waals surface area (Å²) in [6, 6.07) is 1.95. The molecule has 3 rings (SSSR count). The lowest BCUT2D eigenvalue weighted by molar-refractivity contribution is -0.129. The summed E-state index contributed by atoms with van der Waals surface area (Å²) in [6.45, 7) is 6.25. The van der Waals surface area contributed by atoms with Crippen LogP contribution in [0.4, 0.5) is 0 Å². The van der Waals surface area contributed by atoms with Crippen LogP contribution >= 0.6 is 11.3 Å². The third-order valence-corrected chi connectivity index (χ3v) is 5.43. The van der Waals surface area contributed by atoms with Crippen molar-refractivity contribution in [1.82, 2.24) is 10.2 Å². The monoisotopic (exact) mass is 308 g/mol. The summed E-state index contributed by atoms with van der Waals surface area (Å²) in [6.07, 6.45) is 0.498. The Morgan fingerprint density at radius 1 is 1.48 bits per heavy atom. The molecule has 1 N–H and O–H groups in total. The highest BCUT2D eigenvalue weighted by molar-refractivity contribution is 7.14. The van der Waals surface area contributed by atoms with Crippen LogP contribution in [0.15, 0.2) is 6.07 Å². The fourth-order valence-electron chi connectivity index (χ4n) is 2.92. The second-order valence-corrected chi connectivity index (χ2v) is 6.95. The first kappa shape index (κ1) is 14.5. The summed E-state index contributed by atoms with van der Waals surface area (Å²) in [5, 5.41) is 2.86. The molecule has 114 valence electrons. The Hall–Kier alpha value is -1.40. The Labute approximate surface area is 128 Å². The topological polar surface area (TPSA) is 58.6 Å². The van der Waals surface area contributed by atoms with Gasteiger partial charge in [-0.3, -0.25) is 9.59 Å². The van der Waals surface area contributed by atoms with Crippen molar-refractivity contribution >= 4 is 23.2 Å². The summed E-state index contributed by atoms with van der Waals surface area (Å²) < 4.78 is 5.75. The SMILES string of the molecule is Cc1cc(C(=O)N2CC[C@@H]3C(=O)NCCO[C@@H]3C2)sc1C. The van der Waals surface area contributed by atoms with Crippen LogP contribution in [0.2, 0.25) is 0 Å². The highest BCUT2D eigenvalue weighted by atomic mass is 32.1. The van der Waals surface area contributed by atoms with Crippen molar-refractivity contribution in [3.8, 4) is 0 Å². The van der Waals surface area contributed by atoms with Gasteiger partial charge in [0, 0.05) is 24.5 Å². The molecule has 2 saturated heterocycles. The summed E-state index contributed by atoms with van der Waals surface area (Å²) >= 11 is 1.54. The fraction of sp³-hybridized carbons (Fsp3) is 0.600. The van der Waals surface area contributed by atoms with Crippen LogP contribution in [0.3, 0.4) is 0 Å². The van der Waals surface area contributed by atoms with Gasteiger partial charge in [0.25, 0.3) is 5.91 Å². The number of aryl methyl sites for hydroxylation is 2. The summed E-state index contributed by atoms with van der Waals surface area (Å²) in [5.41, 5.74) is 1.16. The van der Waals surface area contributed by atoms with Crippen molar-refractivity contribution in [1.29, 1.82) is 0 Å². The standard InChI is InChI=1S/C15H20N2O3S/c1-9-7-13(21-10(9)2)15(19)17-5-3-11-12(8-17)20-6-4-16-14(11)18/h7,11-12H,3-6,8H2,1-2H3,(H,16,18)/t11-,12+/m0/s1. The summed E-state index contributed by atoms with van der Waals surface area (Å²) in [7, 11) is 0. The average molecular weight is 308 g/mol. The highest BCUT2D eigenvalue weighted by Crippen LogP contribution is 2.26. The van der Waals surface area contributed by atoms with Gasteiger partial charge >= 0.3 is 0 Å². The lowest BCUT2D eigenvalue weighted by Gasteiger charge is -2.36. The number of thiophene rings is 1. The van der Waals surface area contributed by atoms with Crippen molar-refractivity contribution in [3.63, 3.8) is 0 Å². The van der Waals surface area contributed by atoms with Gasteiger partial charge in [0.15, 0.2) is 0 Å². The number of fused-ring (bicyclic) bond motifs is 1. The fourth-order valence-corrected chi connectivity index (χ4v) is 3.92. The Kier molecular flexibility index (Phi) is 3.99. The van der Waals surface area contributed by atoms with Crippen molar-refractivity contribution in [2.24, 2.45) is 5.92 Å². The molecule has 0 bridgehead atoms. The van der Waals surface area contributed by atoms with Crippen LogP contribution in [0.25, 0.3) is 0 Å². The summed E-state index contributed by atoms with van der Waals surface area (Å²) in [4.78, 5) is 28.3. The van der Waals surface area contributed by atoms with Gasteiger partial charge in [0.1, 0.15) is 0 Å². The molecule has 6 heteroatoms. The molecule has 2 fully saturated rings. The lowest BCUT2D eigenvalue weighted by atomic mass is 9.93. The Morgan fingerprint density at radius 2 is 2.29 bits per heavy atom. The molecule has 0 saturated carbocycles. The molecule has 3 heterocycles. The Bertz CT molecular complexity index is 550. The average Bonchev–Trinajstić information content (AvgIpc) is 2.70. The first-order valence-electron chi connectivity index (χ1n) is 7.32. The molecule has 1 aromatic heterocycles. The zero-order valence-corrected chi connectivity index (χ0v) is 13.2. The van der Waals surface area contributed by atoms with Gasteiger partial charge in [-0.1, -0.05) is 0 Å². The van der Waals surface area contributed by atoms with E-state index in [4.69, 9.17) is 4.74 Å². The number of ether oxygens (including phenoxy) is 1. The lowest BCUT2D eigenvalue weighted by Crippen LogP contribution is -2.50. The number of rotatable bonds is 1. The van der Waals surface area contributed by atoms with E-state index in [1.807, 2.05) is 24.8 Å². The largest absolute Gasteiger partial charge is 0.374 e. The molecule has 0 spiro atoms. The Balaban J connectivity index is 1.73. The molecule has 0 unspecified atom stereocenters. The number of piperidine rings is 1. The molecule has 21 heavy (non-hydrogen) atoms. The number of hydrogen-bond acceptors (Lipinski definition) is 4. The number of carbonyl (C=O) groups is 2. The highest BCUT2D eigenvalue weighted by Gasteiger charge is 2.38. The molecule has 1 aromatic rings. The second-order valence-electron chi connectivity index (χ2n) is 5.70. The number of nitrogens with one attached hydrogen (secondary N) is 1. The van der Waals surface area contributed by atoms with Crippen LogP contribution < -0.4 is 5.32 Å². The van der Waals surface area contributed by atoms with E-state index in [2.05, 4.69) is 5.32 Å². The normalized spacial score (nSPS) is 26.0. The smallest absolute Gasteiger partial charge is 0.264 e. The number of carbonyl (C=O) groups excluding carboxylic acids is 2. The zero-order valence-electron chi connectivity index (χ0n) is 12.3. The maximum Gasteiger partial charge on any atom is 0.264 e. The van der Waals surface area contributed by atoms with Crippen LogP contribution in [0.1, 0.15) is 26.5 Å². The maximum absolute atomic E-state index is 12.6. The minimum Gasteiger partial charge on any atom is -0.374 e. The minimum atomic E-state index is -0.174. The van der Waals surface area contributed by atoms with Gasteiger partial charge in [0.05, 0.1) is 23.5 Å². The van der Waals surface area contributed by atoms with Gasteiger partial charge in [-0.25, -0.2) is 0 Å². The molecular weight excluding hydrogens is 288 g/mol. The molecule has 0 aliphatic carbocycles. The van der Waals surface area contributed by atoms with Crippen LogP contribution in [-0.2, 0) is 9.53 Å².